The van der Waals surface area contributed by atoms with Gasteiger partial charge in [-0.2, -0.15) is 0 Å². The lowest BCUT2D eigenvalue weighted by Gasteiger charge is -2.12. The molecule has 1 unspecified atom stereocenters. The average Bonchev–Trinajstić information content (AvgIpc) is 2.65. The standard InChI is InChI=1S/C11H5Br2ClF2OS/c12-4-1-2-6(15)8(9(4)16)10(17)7-3-5(13)11(14)18-7/h1-3,10,17H. The van der Waals surface area contributed by atoms with Gasteiger partial charge in [-0.1, -0.05) is 11.6 Å². The predicted molar refractivity (Wildman–Crippen MR) is 75.1 cm³/mol. The average molecular weight is 418 g/mol. The quantitative estimate of drug-likeness (QED) is 0.658. The van der Waals surface area contributed by atoms with E-state index in [4.69, 9.17) is 11.6 Å². The van der Waals surface area contributed by atoms with Gasteiger partial charge in [0.25, 0.3) is 0 Å². The lowest BCUT2D eigenvalue weighted by atomic mass is 10.1. The Hall–Kier alpha value is -0.0100. The van der Waals surface area contributed by atoms with Crippen LogP contribution in [-0.4, -0.2) is 5.11 Å². The largest absolute Gasteiger partial charge is 0.383 e. The molecule has 0 aliphatic heterocycles. The highest BCUT2D eigenvalue weighted by Crippen LogP contribution is 2.39. The minimum atomic E-state index is -1.39. The summed E-state index contributed by atoms with van der Waals surface area (Å²) in [5.41, 5.74) is -0.394. The first-order valence-corrected chi connectivity index (χ1v) is 7.46. The molecule has 18 heavy (non-hydrogen) atoms. The second kappa shape index (κ2) is 5.54. The molecule has 1 aromatic carbocycles. The molecule has 0 amide bonds. The molecule has 0 radical (unpaired) electrons. The van der Waals surface area contributed by atoms with Gasteiger partial charge < -0.3 is 5.11 Å². The molecule has 0 aliphatic rings. The van der Waals surface area contributed by atoms with E-state index in [0.29, 0.717) is 13.7 Å². The summed E-state index contributed by atoms with van der Waals surface area (Å²) in [6, 6.07) is 3.88. The number of halogens is 5. The molecule has 1 heterocycles. The maximum Gasteiger partial charge on any atom is 0.146 e. The molecule has 1 atom stereocenters. The number of aliphatic hydroxyl groups is 1. The number of rotatable bonds is 2. The maximum atomic E-state index is 13.8. The molecular formula is C11H5Br2ClF2OS. The number of aliphatic hydroxyl groups excluding tert-OH is 1. The number of hydrogen-bond donors (Lipinski definition) is 1. The fourth-order valence-corrected chi connectivity index (χ4v) is 3.51. The van der Waals surface area contributed by atoms with Gasteiger partial charge in [0.15, 0.2) is 0 Å². The molecular weight excluding hydrogens is 413 g/mol. The maximum absolute atomic E-state index is 13.8. The number of thiophene rings is 1. The minimum absolute atomic E-state index is 0.0969. The molecule has 0 spiro atoms. The van der Waals surface area contributed by atoms with Gasteiger partial charge in [0, 0.05) is 9.35 Å². The van der Waals surface area contributed by atoms with Crippen LogP contribution in [0.25, 0.3) is 0 Å². The minimum Gasteiger partial charge on any atom is -0.383 e. The van der Waals surface area contributed by atoms with Crippen molar-refractivity contribution in [1.29, 1.82) is 0 Å². The Bertz CT molecular complexity index is 583. The van der Waals surface area contributed by atoms with Gasteiger partial charge in [-0.15, -0.1) is 11.3 Å². The Morgan fingerprint density at radius 1 is 1.22 bits per heavy atom. The van der Waals surface area contributed by atoms with Gasteiger partial charge in [-0.25, -0.2) is 8.78 Å². The first-order chi connectivity index (χ1) is 8.41. The predicted octanol–water partition coefficient (Wildman–Crippen LogP) is 5.29. The van der Waals surface area contributed by atoms with E-state index >= 15 is 0 Å². The normalized spacial score (nSPS) is 12.8. The third-order valence-corrected chi connectivity index (χ3v) is 5.43. The molecule has 0 fully saturated rings. The van der Waals surface area contributed by atoms with E-state index < -0.39 is 23.3 Å². The highest BCUT2D eigenvalue weighted by atomic mass is 79.9. The van der Waals surface area contributed by atoms with Gasteiger partial charge in [-0.05, 0) is 50.1 Å². The Morgan fingerprint density at radius 2 is 1.89 bits per heavy atom. The third-order valence-electron chi connectivity index (χ3n) is 2.29. The summed E-state index contributed by atoms with van der Waals surface area (Å²) in [6.07, 6.45) is -1.39. The summed E-state index contributed by atoms with van der Waals surface area (Å²) >= 11 is 13.0. The Morgan fingerprint density at radius 3 is 2.44 bits per heavy atom. The Kier molecular flexibility index (Phi) is 4.44. The second-order valence-corrected chi connectivity index (χ2v) is 6.82. The van der Waals surface area contributed by atoms with Crippen molar-refractivity contribution in [2.75, 3.05) is 0 Å². The van der Waals surface area contributed by atoms with Crippen LogP contribution in [0, 0.1) is 11.6 Å². The van der Waals surface area contributed by atoms with Crippen LogP contribution in [0.4, 0.5) is 8.78 Å². The van der Waals surface area contributed by atoms with Crippen LogP contribution < -0.4 is 0 Å². The molecule has 0 bridgehead atoms. The summed E-state index contributed by atoms with van der Waals surface area (Å²) in [5, 5.41) is 10.0. The Labute approximate surface area is 128 Å². The molecule has 1 aromatic heterocycles. The van der Waals surface area contributed by atoms with Gasteiger partial charge in [0.2, 0.25) is 0 Å². The van der Waals surface area contributed by atoms with Crippen molar-refractivity contribution in [1.82, 2.24) is 0 Å². The second-order valence-electron chi connectivity index (χ2n) is 3.43. The van der Waals surface area contributed by atoms with Crippen molar-refractivity contribution in [3.63, 3.8) is 0 Å². The zero-order valence-corrected chi connectivity index (χ0v) is 13.3. The van der Waals surface area contributed by atoms with E-state index in [1.807, 2.05) is 0 Å². The number of benzene rings is 1. The monoisotopic (exact) mass is 416 g/mol. The highest BCUT2D eigenvalue weighted by molar-refractivity contribution is 9.10. The van der Waals surface area contributed by atoms with Crippen molar-refractivity contribution < 1.29 is 13.9 Å². The van der Waals surface area contributed by atoms with Crippen LogP contribution in [0.15, 0.2) is 27.1 Å². The topological polar surface area (TPSA) is 20.2 Å². The zero-order chi connectivity index (χ0) is 13.4. The smallest absolute Gasteiger partial charge is 0.146 e. The van der Waals surface area contributed by atoms with Crippen molar-refractivity contribution in [2.24, 2.45) is 0 Å². The molecule has 2 rings (SSSR count). The SMILES string of the molecule is OC(c1cc(Br)c(Cl)s1)c1c(F)ccc(Br)c1F. The zero-order valence-electron chi connectivity index (χ0n) is 8.55. The van der Waals surface area contributed by atoms with Crippen LogP contribution in [0.3, 0.4) is 0 Å². The van der Waals surface area contributed by atoms with E-state index in [1.54, 1.807) is 0 Å². The first kappa shape index (κ1) is 14.4. The van der Waals surface area contributed by atoms with Gasteiger partial charge in [0.05, 0.1) is 10.0 Å². The lowest BCUT2D eigenvalue weighted by Crippen LogP contribution is -2.04. The van der Waals surface area contributed by atoms with E-state index in [-0.39, 0.29) is 4.47 Å². The Balaban J connectivity index is 2.52. The van der Waals surface area contributed by atoms with Crippen LogP contribution in [-0.2, 0) is 0 Å². The summed E-state index contributed by atoms with van der Waals surface area (Å²) < 4.78 is 28.5. The number of hydrogen-bond acceptors (Lipinski definition) is 2. The van der Waals surface area contributed by atoms with E-state index in [2.05, 4.69) is 31.9 Å². The van der Waals surface area contributed by atoms with Gasteiger partial charge in [-0.3, -0.25) is 0 Å². The summed E-state index contributed by atoms with van der Waals surface area (Å²) in [7, 11) is 0. The van der Waals surface area contributed by atoms with Crippen LogP contribution in [0.5, 0.6) is 0 Å². The summed E-state index contributed by atoms with van der Waals surface area (Å²) in [4.78, 5) is 0.364. The molecule has 7 heteroatoms. The molecule has 2 aromatic rings. The molecule has 1 nitrogen and oxygen atoms in total. The van der Waals surface area contributed by atoms with Crippen molar-refractivity contribution in [3.8, 4) is 0 Å². The molecule has 0 saturated carbocycles. The van der Waals surface area contributed by atoms with E-state index in [1.165, 1.54) is 12.1 Å². The lowest BCUT2D eigenvalue weighted by molar-refractivity contribution is 0.212. The van der Waals surface area contributed by atoms with E-state index in [0.717, 1.165) is 17.4 Å². The van der Waals surface area contributed by atoms with E-state index in [9.17, 15) is 13.9 Å². The third kappa shape index (κ3) is 2.63. The fraction of sp³-hybridized carbons (Fsp3) is 0.0909. The molecule has 0 aliphatic carbocycles. The van der Waals surface area contributed by atoms with Crippen molar-refractivity contribution >= 4 is 54.8 Å². The van der Waals surface area contributed by atoms with Crippen LogP contribution in [0.1, 0.15) is 16.5 Å². The van der Waals surface area contributed by atoms with Crippen LogP contribution in [0.2, 0.25) is 4.34 Å². The first-order valence-electron chi connectivity index (χ1n) is 4.68. The molecule has 0 saturated heterocycles. The van der Waals surface area contributed by atoms with Crippen molar-refractivity contribution in [3.05, 3.63) is 53.6 Å². The van der Waals surface area contributed by atoms with Gasteiger partial charge >= 0.3 is 0 Å². The van der Waals surface area contributed by atoms with Crippen LogP contribution >= 0.6 is 54.8 Å². The highest BCUT2D eigenvalue weighted by Gasteiger charge is 2.23. The summed E-state index contributed by atoms with van der Waals surface area (Å²) in [5.74, 6) is -1.62. The molecule has 1 N–H and O–H groups in total. The molecule has 96 valence electrons. The summed E-state index contributed by atoms with van der Waals surface area (Å²) in [6.45, 7) is 0. The fourth-order valence-electron chi connectivity index (χ4n) is 1.43. The van der Waals surface area contributed by atoms with Crippen molar-refractivity contribution in [2.45, 2.75) is 6.10 Å². The van der Waals surface area contributed by atoms with Gasteiger partial charge in [0.1, 0.15) is 22.1 Å².